The van der Waals surface area contributed by atoms with Crippen LogP contribution in [0.4, 0.5) is 11.4 Å². The second kappa shape index (κ2) is 17.0. The first-order valence-corrected chi connectivity index (χ1v) is 15.1. The zero-order chi connectivity index (χ0) is 31.8. The van der Waals surface area contributed by atoms with Crippen LogP contribution in [0.2, 0.25) is 0 Å². The second-order valence-corrected chi connectivity index (χ2v) is 10.5. The highest BCUT2D eigenvalue weighted by atomic mass is 32.1. The Bertz CT molecular complexity index is 1640. The van der Waals surface area contributed by atoms with E-state index in [1.807, 2.05) is 127 Å². The van der Waals surface area contributed by atoms with Gasteiger partial charge in [-0.2, -0.15) is 10.2 Å². The molecule has 4 N–H and O–H groups in total. The summed E-state index contributed by atoms with van der Waals surface area (Å²) in [5, 5.41) is 15.3. The van der Waals surface area contributed by atoms with Crippen molar-refractivity contribution in [2.24, 2.45) is 10.2 Å². The van der Waals surface area contributed by atoms with Crippen LogP contribution in [0.3, 0.4) is 0 Å². The molecule has 0 aliphatic carbocycles. The predicted octanol–water partition coefficient (Wildman–Crippen LogP) is 6.88. The number of nitrogens with one attached hydrogen (secondary N) is 4. The van der Waals surface area contributed by atoms with Crippen molar-refractivity contribution in [3.05, 3.63) is 150 Å². The summed E-state index contributed by atoms with van der Waals surface area (Å²) in [6.07, 6.45) is 3.38. The lowest BCUT2D eigenvalue weighted by atomic mass is 10.2. The van der Waals surface area contributed by atoms with Crippen molar-refractivity contribution < 1.29 is 9.47 Å². The highest BCUT2D eigenvalue weighted by Crippen LogP contribution is 2.15. The molecule has 11 heteroatoms. The van der Waals surface area contributed by atoms with Crippen LogP contribution in [0.1, 0.15) is 22.5 Å². The molecule has 0 aliphatic rings. The second-order valence-electron chi connectivity index (χ2n) is 9.72. The van der Waals surface area contributed by atoms with Gasteiger partial charge in [-0.15, -0.1) is 0 Å². The average Bonchev–Trinajstić information content (AvgIpc) is 3.09. The van der Waals surface area contributed by atoms with Gasteiger partial charge in [-0.25, -0.2) is 0 Å². The van der Waals surface area contributed by atoms with Crippen LogP contribution in [0.25, 0.3) is 0 Å². The smallest absolute Gasteiger partial charge is 0.191 e. The van der Waals surface area contributed by atoms with Gasteiger partial charge < -0.3 is 20.1 Å². The molecule has 230 valence electrons. The standard InChI is InChI=1S/C35H31N7O2S2/c45-34(39-28-8-3-1-4-9-28)41-36-22-26-14-18-32(19-15-26)43-24-30-12-7-13-31(38-30)25-44-33-20-16-27(17-21-33)23-37-42-35(46)40-29-10-5-2-6-11-29/h1-23H,24-25H2,(H2,39,41,45)(H2,40,42,46). The Morgan fingerprint density at radius 3 is 1.37 bits per heavy atom. The van der Waals surface area contributed by atoms with Crippen LogP contribution in [0.15, 0.2) is 138 Å². The van der Waals surface area contributed by atoms with Crippen molar-refractivity contribution >= 4 is 58.5 Å². The van der Waals surface area contributed by atoms with E-state index in [0.29, 0.717) is 23.4 Å². The molecule has 1 heterocycles. The lowest BCUT2D eigenvalue weighted by Gasteiger charge is -2.09. The lowest BCUT2D eigenvalue weighted by molar-refractivity contribution is 0.290. The number of aromatic nitrogens is 1. The van der Waals surface area contributed by atoms with Gasteiger partial charge in [0.25, 0.3) is 0 Å². The van der Waals surface area contributed by atoms with Gasteiger partial charge in [-0.3, -0.25) is 15.8 Å². The quantitative estimate of drug-likeness (QED) is 0.0657. The molecule has 0 amide bonds. The summed E-state index contributed by atoms with van der Waals surface area (Å²) in [5.41, 5.74) is 10.8. The number of thiocarbonyl (C=S) groups is 2. The third-order valence-electron chi connectivity index (χ3n) is 6.22. The molecular weight excluding hydrogens is 615 g/mol. The Balaban J connectivity index is 1.02. The molecule has 46 heavy (non-hydrogen) atoms. The van der Waals surface area contributed by atoms with E-state index < -0.39 is 0 Å². The van der Waals surface area contributed by atoms with E-state index >= 15 is 0 Å². The zero-order valence-electron chi connectivity index (χ0n) is 24.7. The van der Waals surface area contributed by atoms with Crippen LogP contribution in [0.5, 0.6) is 11.5 Å². The summed E-state index contributed by atoms with van der Waals surface area (Å²) < 4.78 is 11.9. The highest BCUT2D eigenvalue weighted by Gasteiger charge is 2.03. The Hall–Kier alpha value is -5.65. The van der Waals surface area contributed by atoms with E-state index in [1.165, 1.54) is 0 Å². The lowest BCUT2D eigenvalue weighted by Crippen LogP contribution is -2.23. The molecule has 0 aliphatic heterocycles. The van der Waals surface area contributed by atoms with Crippen LogP contribution < -0.4 is 31.0 Å². The Morgan fingerprint density at radius 2 is 0.957 bits per heavy atom. The summed E-state index contributed by atoms with van der Waals surface area (Å²) in [7, 11) is 0. The molecule has 0 saturated heterocycles. The first-order chi connectivity index (χ1) is 22.6. The molecule has 0 unspecified atom stereocenters. The SMILES string of the molecule is S=C(NN=Cc1ccc(OCc2cccc(COc3ccc(C=NNC(=S)Nc4ccccc4)cc3)n2)cc1)Nc1ccccc1. The molecule has 1 aromatic heterocycles. The molecule has 0 atom stereocenters. The van der Waals surface area contributed by atoms with E-state index in [1.54, 1.807) is 12.4 Å². The summed E-state index contributed by atoms with van der Waals surface area (Å²) in [5.74, 6) is 1.45. The molecule has 4 aromatic carbocycles. The number of rotatable bonds is 12. The maximum absolute atomic E-state index is 5.94. The maximum atomic E-state index is 5.94. The van der Waals surface area contributed by atoms with Gasteiger partial charge >= 0.3 is 0 Å². The molecule has 9 nitrogen and oxygen atoms in total. The van der Waals surface area contributed by atoms with E-state index in [0.717, 1.165) is 45.4 Å². The van der Waals surface area contributed by atoms with Gasteiger partial charge in [0.15, 0.2) is 10.2 Å². The number of benzene rings is 4. The molecule has 0 bridgehead atoms. The summed E-state index contributed by atoms with van der Waals surface area (Å²) >= 11 is 10.5. The number of hydrazone groups is 2. The fraction of sp³-hybridized carbons (Fsp3) is 0.0571. The van der Waals surface area contributed by atoms with Crippen LogP contribution >= 0.6 is 24.4 Å². The van der Waals surface area contributed by atoms with Gasteiger partial charge in [-0.1, -0.05) is 42.5 Å². The Kier molecular flexibility index (Phi) is 11.7. The Morgan fingerprint density at radius 1 is 0.543 bits per heavy atom. The number of ether oxygens (including phenoxy) is 2. The minimum Gasteiger partial charge on any atom is -0.487 e. The number of hydrogen-bond acceptors (Lipinski definition) is 7. The molecule has 5 rings (SSSR count). The van der Waals surface area contributed by atoms with E-state index in [-0.39, 0.29) is 0 Å². The summed E-state index contributed by atoms with van der Waals surface area (Å²) in [6, 6.07) is 40.3. The third kappa shape index (κ3) is 10.8. The van der Waals surface area contributed by atoms with Crippen molar-refractivity contribution in [2.45, 2.75) is 13.2 Å². The third-order valence-corrected chi connectivity index (χ3v) is 6.61. The highest BCUT2D eigenvalue weighted by molar-refractivity contribution is 7.80. The van der Waals surface area contributed by atoms with Crippen molar-refractivity contribution in [3.8, 4) is 11.5 Å². The van der Waals surface area contributed by atoms with Gasteiger partial charge in [0.1, 0.15) is 24.7 Å². The van der Waals surface area contributed by atoms with E-state index in [2.05, 4.69) is 36.7 Å². The van der Waals surface area contributed by atoms with E-state index in [9.17, 15) is 0 Å². The van der Waals surface area contributed by atoms with Gasteiger partial charge in [0, 0.05) is 11.4 Å². The van der Waals surface area contributed by atoms with Crippen LogP contribution in [0, 0.1) is 0 Å². The largest absolute Gasteiger partial charge is 0.487 e. The molecule has 0 fully saturated rings. The van der Waals surface area contributed by atoms with Crippen molar-refractivity contribution in [1.82, 2.24) is 15.8 Å². The predicted molar refractivity (Wildman–Crippen MR) is 193 cm³/mol. The molecular formula is C35H31N7O2S2. The van der Waals surface area contributed by atoms with Crippen molar-refractivity contribution in [2.75, 3.05) is 10.6 Å². The summed E-state index contributed by atoms with van der Waals surface area (Å²) in [6.45, 7) is 0.656. The number of anilines is 2. The van der Waals surface area contributed by atoms with E-state index in [4.69, 9.17) is 33.9 Å². The summed E-state index contributed by atoms with van der Waals surface area (Å²) in [4.78, 5) is 4.67. The van der Waals surface area contributed by atoms with Crippen molar-refractivity contribution in [1.29, 1.82) is 0 Å². The zero-order valence-corrected chi connectivity index (χ0v) is 26.3. The fourth-order valence-corrected chi connectivity index (χ4v) is 4.34. The number of para-hydroxylation sites is 2. The maximum Gasteiger partial charge on any atom is 0.191 e. The Labute approximate surface area is 278 Å². The fourth-order valence-electron chi connectivity index (χ4n) is 4.00. The molecule has 0 spiro atoms. The van der Waals surface area contributed by atoms with Crippen LogP contribution in [-0.4, -0.2) is 27.6 Å². The van der Waals surface area contributed by atoms with Gasteiger partial charge in [0.05, 0.1) is 23.8 Å². The normalized spacial score (nSPS) is 10.8. The first-order valence-electron chi connectivity index (χ1n) is 14.3. The molecule has 0 saturated carbocycles. The minimum atomic E-state index is 0.328. The number of pyridine rings is 1. The topological polar surface area (TPSA) is 104 Å². The number of nitrogens with zero attached hydrogens (tertiary/aromatic N) is 3. The number of hydrogen-bond donors (Lipinski definition) is 4. The molecule has 0 radical (unpaired) electrons. The first kappa shape index (κ1) is 31.8. The van der Waals surface area contributed by atoms with Gasteiger partial charge in [0.2, 0.25) is 0 Å². The minimum absolute atomic E-state index is 0.328. The average molecular weight is 646 g/mol. The van der Waals surface area contributed by atoms with Crippen molar-refractivity contribution in [3.63, 3.8) is 0 Å². The van der Waals surface area contributed by atoms with Crippen LogP contribution in [-0.2, 0) is 13.2 Å². The molecule has 5 aromatic rings. The van der Waals surface area contributed by atoms with Gasteiger partial charge in [-0.05, 0) is 120 Å². The monoisotopic (exact) mass is 645 g/mol.